The number of benzene rings is 1. The number of nitrogens with zero attached hydrogens (tertiary/aromatic N) is 1. The second-order valence-corrected chi connectivity index (χ2v) is 10.4. The summed E-state index contributed by atoms with van der Waals surface area (Å²) in [6.07, 6.45) is 9.60. The molecule has 0 spiro atoms. The van der Waals surface area contributed by atoms with E-state index in [1.54, 1.807) is 0 Å². The summed E-state index contributed by atoms with van der Waals surface area (Å²) in [5.74, 6) is 0.340. The van der Waals surface area contributed by atoms with Gasteiger partial charge in [0, 0.05) is 35.6 Å². The Bertz CT molecular complexity index is 949. The normalized spacial score (nSPS) is 31.2. The smallest absolute Gasteiger partial charge is 0.306 e. The van der Waals surface area contributed by atoms with E-state index in [-0.39, 0.29) is 17.3 Å². The maximum atomic E-state index is 11.3. The van der Waals surface area contributed by atoms with Gasteiger partial charge in [-0.3, -0.25) is 4.79 Å². The lowest BCUT2D eigenvalue weighted by Gasteiger charge is -2.62. The van der Waals surface area contributed by atoms with Crippen LogP contribution in [-0.2, 0) is 9.59 Å². The average molecular weight is 425 g/mol. The molecule has 6 rings (SSSR count). The summed E-state index contributed by atoms with van der Waals surface area (Å²) in [7, 11) is 2.23. The van der Waals surface area contributed by atoms with Crippen LogP contribution < -0.4 is 0 Å². The molecule has 31 heavy (non-hydrogen) atoms. The van der Waals surface area contributed by atoms with Gasteiger partial charge in [0.15, 0.2) is 0 Å². The summed E-state index contributed by atoms with van der Waals surface area (Å²) in [6, 6.07) is 7.54. The monoisotopic (exact) mass is 424 g/mol. The van der Waals surface area contributed by atoms with Crippen molar-refractivity contribution in [1.82, 2.24) is 9.88 Å². The van der Waals surface area contributed by atoms with Crippen molar-refractivity contribution in [3.8, 4) is 0 Å². The molecule has 0 amide bonds. The number of piperidine rings is 2. The standard InChI is InChI=1S/C13H21NO2.C13H15NO/c1-8(12(15)16)13-5-9-3-10(6-13)14(2)11(4-9)7-13;1-9(6-7-15)11-8-14-12-5-3-4-10(2)13(11)12/h8-11H,3-7H2,1-2H3,(H,15,16);3-5,7-9,14H,6H2,1-2H3. The maximum absolute atomic E-state index is 11.3. The number of aldehydes is 1. The number of fused-ring (bicyclic) bond motifs is 1. The molecule has 4 atom stereocenters. The molecule has 2 aromatic rings. The molecular formula is C26H36N2O3. The van der Waals surface area contributed by atoms with Crippen LogP contribution in [0, 0.1) is 24.2 Å². The Morgan fingerprint density at radius 3 is 2.55 bits per heavy atom. The number of carbonyl (C=O) groups excluding carboxylic acids is 1. The van der Waals surface area contributed by atoms with Crippen LogP contribution in [0.15, 0.2) is 24.4 Å². The first-order valence-electron chi connectivity index (χ1n) is 11.7. The Kier molecular flexibility index (Phi) is 5.99. The molecule has 0 radical (unpaired) electrons. The quantitative estimate of drug-likeness (QED) is 0.652. The summed E-state index contributed by atoms with van der Waals surface area (Å²) >= 11 is 0. The highest BCUT2D eigenvalue weighted by Gasteiger charge is 2.56. The van der Waals surface area contributed by atoms with Gasteiger partial charge in [-0.05, 0) is 80.5 Å². The van der Waals surface area contributed by atoms with E-state index in [4.69, 9.17) is 0 Å². The number of aromatic nitrogens is 1. The van der Waals surface area contributed by atoms with Gasteiger partial charge in [0.2, 0.25) is 0 Å². The topological polar surface area (TPSA) is 73.4 Å². The van der Waals surface area contributed by atoms with Gasteiger partial charge in [-0.1, -0.05) is 26.0 Å². The van der Waals surface area contributed by atoms with Gasteiger partial charge >= 0.3 is 5.97 Å². The summed E-state index contributed by atoms with van der Waals surface area (Å²) in [4.78, 5) is 27.6. The number of rotatable bonds is 5. The summed E-state index contributed by atoms with van der Waals surface area (Å²) in [5, 5.41) is 10.6. The molecule has 3 heterocycles. The number of carboxylic acids is 1. The molecule has 5 nitrogen and oxygen atoms in total. The second kappa shape index (κ2) is 8.42. The van der Waals surface area contributed by atoms with Gasteiger partial charge < -0.3 is 19.8 Å². The zero-order valence-corrected chi connectivity index (χ0v) is 19.2. The van der Waals surface area contributed by atoms with Gasteiger partial charge in [0.05, 0.1) is 5.92 Å². The van der Waals surface area contributed by atoms with Crippen molar-refractivity contribution in [3.05, 3.63) is 35.5 Å². The lowest BCUT2D eigenvalue weighted by Crippen LogP contribution is -2.62. The molecule has 168 valence electrons. The van der Waals surface area contributed by atoms with E-state index in [0.717, 1.165) is 30.6 Å². The molecule has 1 aromatic heterocycles. The minimum atomic E-state index is -0.593. The molecule has 2 aliphatic carbocycles. The molecule has 4 bridgehead atoms. The lowest BCUT2D eigenvalue weighted by atomic mass is 9.51. The van der Waals surface area contributed by atoms with E-state index in [1.165, 1.54) is 35.8 Å². The molecule has 4 aliphatic rings. The van der Waals surface area contributed by atoms with Crippen LogP contribution in [0.25, 0.3) is 10.9 Å². The Labute approximate surface area is 185 Å². The Morgan fingerprint density at radius 2 is 1.94 bits per heavy atom. The fourth-order valence-corrected chi connectivity index (χ4v) is 6.73. The number of hydrogen-bond donors (Lipinski definition) is 2. The predicted octanol–water partition coefficient (Wildman–Crippen LogP) is 5.14. The van der Waals surface area contributed by atoms with Gasteiger partial charge in [-0.25, -0.2) is 0 Å². The molecule has 5 heteroatoms. The number of hydrogen-bond acceptors (Lipinski definition) is 3. The van der Waals surface area contributed by atoms with Crippen LogP contribution in [0.2, 0.25) is 0 Å². The third-order valence-corrected chi connectivity index (χ3v) is 8.56. The fourth-order valence-electron chi connectivity index (χ4n) is 6.73. The van der Waals surface area contributed by atoms with Crippen LogP contribution in [0.3, 0.4) is 0 Å². The third kappa shape index (κ3) is 3.93. The number of aromatic amines is 1. The predicted molar refractivity (Wildman–Crippen MR) is 123 cm³/mol. The number of nitrogens with one attached hydrogen (secondary N) is 1. The average Bonchev–Trinajstić information content (AvgIpc) is 3.17. The number of H-pyrrole nitrogens is 1. The van der Waals surface area contributed by atoms with E-state index >= 15 is 0 Å². The molecule has 4 fully saturated rings. The van der Waals surface area contributed by atoms with Crippen LogP contribution in [-0.4, -0.2) is 46.4 Å². The van der Waals surface area contributed by atoms with E-state index in [1.807, 2.05) is 19.2 Å². The highest BCUT2D eigenvalue weighted by molar-refractivity contribution is 5.87. The minimum Gasteiger partial charge on any atom is -0.481 e. The highest BCUT2D eigenvalue weighted by atomic mass is 16.4. The third-order valence-electron chi connectivity index (χ3n) is 8.56. The summed E-state index contributed by atoms with van der Waals surface area (Å²) < 4.78 is 0. The molecule has 2 saturated heterocycles. The number of aryl methyl sites for hydroxylation is 1. The van der Waals surface area contributed by atoms with Crippen molar-refractivity contribution in [2.45, 2.75) is 77.3 Å². The van der Waals surface area contributed by atoms with Gasteiger partial charge in [0.25, 0.3) is 0 Å². The van der Waals surface area contributed by atoms with Crippen LogP contribution in [0.4, 0.5) is 0 Å². The van der Waals surface area contributed by atoms with Crippen molar-refractivity contribution in [1.29, 1.82) is 0 Å². The molecule has 2 saturated carbocycles. The van der Waals surface area contributed by atoms with Gasteiger partial charge in [-0.2, -0.15) is 0 Å². The van der Waals surface area contributed by atoms with Crippen molar-refractivity contribution >= 4 is 23.2 Å². The van der Waals surface area contributed by atoms with Crippen LogP contribution >= 0.6 is 0 Å². The zero-order valence-electron chi connectivity index (χ0n) is 19.2. The van der Waals surface area contributed by atoms with Crippen molar-refractivity contribution < 1.29 is 14.7 Å². The SMILES string of the molecule is CC(C(=O)O)C12CC3CC(C1)N(C)C(C3)C2.Cc1cccc2[nH]cc(C(C)CC=O)c12. The summed E-state index contributed by atoms with van der Waals surface area (Å²) in [5.41, 5.74) is 3.79. The first kappa shape index (κ1) is 22.1. The Morgan fingerprint density at radius 1 is 1.26 bits per heavy atom. The second-order valence-electron chi connectivity index (χ2n) is 10.4. The number of aliphatic carboxylic acids is 1. The molecule has 2 N–H and O–H groups in total. The van der Waals surface area contributed by atoms with E-state index in [9.17, 15) is 14.7 Å². The van der Waals surface area contributed by atoms with Gasteiger partial charge in [0.1, 0.15) is 6.29 Å². The molecule has 1 aromatic carbocycles. The Hall–Kier alpha value is -2.14. The highest BCUT2D eigenvalue weighted by Crippen LogP contribution is 2.58. The van der Waals surface area contributed by atoms with Crippen LogP contribution in [0.1, 0.15) is 69.4 Å². The fraction of sp³-hybridized carbons (Fsp3) is 0.615. The first-order chi connectivity index (χ1) is 14.8. The van der Waals surface area contributed by atoms with E-state index in [0.29, 0.717) is 18.5 Å². The molecular weight excluding hydrogens is 388 g/mol. The number of carboxylic acid groups (broad SMARTS) is 1. The molecule has 4 unspecified atom stereocenters. The largest absolute Gasteiger partial charge is 0.481 e. The maximum Gasteiger partial charge on any atom is 0.306 e. The van der Waals surface area contributed by atoms with Crippen LogP contribution in [0.5, 0.6) is 0 Å². The van der Waals surface area contributed by atoms with E-state index < -0.39 is 5.97 Å². The van der Waals surface area contributed by atoms with Crippen molar-refractivity contribution in [2.75, 3.05) is 7.05 Å². The van der Waals surface area contributed by atoms with Crippen molar-refractivity contribution in [3.63, 3.8) is 0 Å². The number of carbonyl (C=O) groups is 2. The minimum absolute atomic E-state index is 0.120. The first-order valence-corrected chi connectivity index (χ1v) is 11.7. The lowest BCUT2D eigenvalue weighted by molar-refractivity contribution is -0.161. The molecule has 2 aliphatic heterocycles. The Balaban J connectivity index is 0.000000150. The van der Waals surface area contributed by atoms with E-state index in [2.05, 4.69) is 42.9 Å². The zero-order chi connectivity index (χ0) is 22.3. The summed E-state index contributed by atoms with van der Waals surface area (Å²) in [6.45, 7) is 6.12. The van der Waals surface area contributed by atoms with Crippen molar-refractivity contribution in [2.24, 2.45) is 17.3 Å². The van der Waals surface area contributed by atoms with Gasteiger partial charge in [-0.15, -0.1) is 0 Å².